The Labute approximate surface area is 184 Å². The van der Waals surface area contributed by atoms with Crippen molar-refractivity contribution >= 4 is 11.6 Å². The van der Waals surface area contributed by atoms with E-state index in [1.54, 1.807) is 24.0 Å². The summed E-state index contributed by atoms with van der Waals surface area (Å²) in [6.45, 7) is 2.64. The van der Waals surface area contributed by atoms with E-state index in [1.807, 2.05) is 30.3 Å². The number of nitrogens with one attached hydrogen (secondary N) is 1. The zero-order valence-corrected chi connectivity index (χ0v) is 18.3. The van der Waals surface area contributed by atoms with E-state index in [0.717, 1.165) is 53.6 Å². The molecular formula is C22H24ClN7O. The molecule has 1 aromatic carbocycles. The van der Waals surface area contributed by atoms with Gasteiger partial charge in [-0.05, 0) is 40.8 Å². The second-order valence-corrected chi connectivity index (χ2v) is 7.83. The number of benzene rings is 1. The van der Waals surface area contributed by atoms with Crippen molar-refractivity contribution in [3.8, 4) is 22.5 Å². The standard InChI is InChI=1S/C22H24ClN7O/c1-3-4-5-6-19-20(23)29(2)22(31)30(19)14-15-7-9-16(10-8-15)17-11-12-24-13-18(17)21-25-27-28-26-21/h7-13H,3-6,14H2,1-2H3,(H,25,26,27,28). The van der Waals surface area contributed by atoms with Crippen molar-refractivity contribution < 1.29 is 0 Å². The lowest BCUT2D eigenvalue weighted by Gasteiger charge is -2.10. The van der Waals surface area contributed by atoms with Gasteiger partial charge in [0.05, 0.1) is 12.2 Å². The molecule has 0 radical (unpaired) electrons. The number of halogens is 1. The number of hydrogen-bond donors (Lipinski definition) is 1. The summed E-state index contributed by atoms with van der Waals surface area (Å²) >= 11 is 6.45. The molecule has 3 aromatic heterocycles. The van der Waals surface area contributed by atoms with Crippen LogP contribution in [0.3, 0.4) is 0 Å². The highest BCUT2D eigenvalue weighted by Crippen LogP contribution is 2.29. The van der Waals surface area contributed by atoms with Crippen molar-refractivity contribution in [1.82, 2.24) is 34.7 Å². The average molecular weight is 438 g/mol. The molecule has 0 amide bonds. The Hall–Kier alpha value is -3.26. The average Bonchev–Trinajstić information content (AvgIpc) is 3.40. The molecule has 0 aliphatic rings. The van der Waals surface area contributed by atoms with E-state index in [0.29, 0.717) is 17.5 Å². The minimum absolute atomic E-state index is 0.0888. The molecule has 0 aliphatic carbocycles. The van der Waals surface area contributed by atoms with Gasteiger partial charge in [-0.3, -0.25) is 14.1 Å². The quantitative estimate of drug-likeness (QED) is 0.422. The summed E-state index contributed by atoms with van der Waals surface area (Å²) in [5.74, 6) is 0.495. The number of hydrogen-bond acceptors (Lipinski definition) is 5. The van der Waals surface area contributed by atoms with Crippen LogP contribution in [0.4, 0.5) is 0 Å². The molecule has 0 bridgehead atoms. The lowest BCUT2D eigenvalue weighted by Crippen LogP contribution is -2.24. The van der Waals surface area contributed by atoms with Crippen LogP contribution in [0.2, 0.25) is 5.15 Å². The molecule has 0 fully saturated rings. The van der Waals surface area contributed by atoms with Crippen LogP contribution in [-0.2, 0) is 20.0 Å². The molecule has 8 nitrogen and oxygen atoms in total. The number of H-pyrrole nitrogens is 1. The van der Waals surface area contributed by atoms with E-state index >= 15 is 0 Å². The topological polar surface area (TPSA) is 94.3 Å². The van der Waals surface area contributed by atoms with Crippen molar-refractivity contribution in [2.45, 2.75) is 39.2 Å². The first-order valence-corrected chi connectivity index (χ1v) is 10.7. The van der Waals surface area contributed by atoms with Gasteiger partial charge < -0.3 is 0 Å². The van der Waals surface area contributed by atoms with E-state index in [1.165, 1.54) is 4.57 Å². The Bertz CT molecular complexity index is 1210. The zero-order chi connectivity index (χ0) is 21.8. The zero-order valence-electron chi connectivity index (χ0n) is 17.5. The maximum absolute atomic E-state index is 12.7. The highest BCUT2D eigenvalue weighted by atomic mass is 35.5. The van der Waals surface area contributed by atoms with Crippen molar-refractivity contribution in [3.05, 3.63) is 69.6 Å². The molecule has 9 heteroatoms. The number of nitrogens with zero attached hydrogens (tertiary/aromatic N) is 6. The number of unbranched alkanes of at least 4 members (excludes halogenated alkanes) is 2. The number of tetrazole rings is 1. The first-order chi connectivity index (χ1) is 15.1. The van der Waals surface area contributed by atoms with Gasteiger partial charge in [-0.25, -0.2) is 4.79 Å². The normalized spacial score (nSPS) is 11.2. The maximum Gasteiger partial charge on any atom is 0.329 e. The van der Waals surface area contributed by atoms with Gasteiger partial charge in [0.2, 0.25) is 5.82 Å². The van der Waals surface area contributed by atoms with E-state index in [2.05, 4.69) is 32.5 Å². The number of aromatic nitrogens is 7. The van der Waals surface area contributed by atoms with E-state index < -0.39 is 0 Å². The van der Waals surface area contributed by atoms with Crippen molar-refractivity contribution in [2.24, 2.45) is 7.05 Å². The molecular weight excluding hydrogens is 414 g/mol. The van der Waals surface area contributed by atoms with Crippen LogP contribution >= 0.6 is 11.6 Å². The van der Waals surface area contributed by atoms with Crippen LogP contribution < -0.4 is 5.69 Å². The molecule has 3 heterocycles. The minimum Gasteiger partial charge on any atom is -0.290 e. The predicted molar refractivity (Wildman–Crippen MR) is 120 cm³/mol. The molecule has 0 saturated carbocycles. The predicted octanol–water partition coefficient (Wildman–Crippen LogP) is 3.86. The smallest absolute Gasteiger partial charge is 0.290 e. The number of pyridine rings is 1. The fraction of sp³-hybridized carbons (Fsp3) is 0.318. The number of aromatic amines is 1. The van der Waals surface area contributed by atoms with Gasteiger partial charge in [-0.15, -0.1) is 10.2 Å². The Balaban J connectivity index is 1.61. The van der Waals surface area contributed by atoms with Gasteiger partial charge in [0.25, 0.3) is 0 Å². The fourth-order valence-corrected chi connectivity index (χ4v) is 3.97. The Morgan fingerprint density at radius 1 is 1.10 bits per heavy atom. The first-order valence-electron chi connectivity index (χ1n) is 10.3. The second kappa shape index (κ2) is 9.26. The van der Waals surface area contributed by atoms with Gasteiger partial charge in [0.1, 0.15) is 5.15 Å². The molecule has 31 heavy (non-hydrogen) atoms. The van der Waals surface area contributed by atoms with E-state index in [9.17, 15) is 4.79 Å². The summed E-state index contributed by atoms with van der Waals surface area (Å²) < 4.78 is 3.30. The summed E-state index contributed by atoms with van der Waals surface area (Å²) in [6, 6.07) is 10.0. The van der Waals surface area contributed by atoms with Gasteiger partial charge in [-0.1, -0.05) is 55.6 Å². The lowest BCUT2D eigenvalue weighted by atomic mass is 10.00. The summed E-state index contributed by atoms with van der Waals surface area (Å²) in [7, 11) is 1.72. The van der Waals surface area contributed by atoms with Crippen LogP contribution in [0.5, 0.6) is 0 Å². The molecule has 4 rings (SSSR count). The lowest BCUT2D eigenvalue weighted by molar-refractivity contribution is 0.649. The van der Waals surface area contributed by atoms with Gasteiger partial charge >= 0.3 is 5.69 Å². The number of imidazole rings is 1. The Morgan fingerprint density at radius 3 is 2.61 bits per heavy atom. The first kappa shape index (κ1) is 21.0. The number of rotatable bonds is 8. The summed E-state index contributed by atoms with van der Waals surface area (Å²) in [4.78, 5) is 16.9. The highest BCUT2D eigenvalue weighted by molar-refractivity contribution is 6.30. The summed E-state index contributed by atoms with van der Waals surface area (Å²) in [5, 5.41) is 14.8. The van der Waals surface area contributed by atoms with E-state index in [-0.39, 0.29) is 5.69 Å². The molecule has 0 unspecified atom stereocenters. The maximum atomic E-state index is 12.7. The molecule has 0 spiro atoms. The summed E-state index contributed by atoms with van der Waals surface area (Å²) in [6.07, 6.45) is 7.51. The second-order valence-electron chi connectivity index (χ2n) is 7.48. The van der Waals surface area contributed by atoms with E-state index in [4.69, 9.17) is 11.6 Å². The molecule has 4 aromatic rings. The minimum atomic E-state index is -0.0888. The van der Waals surface area contributed by atoms with Crippen molar-refractivity contribution in [2.75, 3.05) is 0 Å². The fourth-order valence-electron chi connectivity index (χ4n) is 3.70. The van der Waals surface area contributed by atoms with Crippen LogP contribution in [0.15, 0.2) is 47.5 Å². The molecule has 0 saturated heterocycles. The Kier molecular flexibility index (Phi) is 6.27. The molecule has 1 N–H and O–H groups in total. The highest BCUT2D eigenvalue weighted by Gasteiger charge is 2.16. The van der Waals surface area contributed by atoms with Crippen molar-refractivity contribution in [1.29, 1.82) is 0 Å². The molecule has 0 atom stereocenters. The van der Waals surface area contributed by atoms with Crippen LogP contribution in [-0.4, -0.2) is 34.7 Å². The SMILES string of the molecule is CCCCCc1c(Cl)n(C)c(=O)n1Cc1ccc(-c2ccncc2-c2nn[nH]n2)cc1. The third kappa shape index (κ3) is 4.29. The van der Waals surface area contributed by atoms with Crippen molar-refractivity contribution in [3.63, 3.8) is 0 Å². The van der Waals surface area contributed by atoms with Gasteiger partial charge in [-0.2, -0.15) is 5.21 Å². The summed E-state index contributed by atoms with van der Waals surface area (Å²) in [5.41, 5.74) is 4.61. The molecule has 0 aliphatic heterocycles. The van der Waals surface area contributed by atoms with Crippen LogP contribution in [0, 0.1) is 0 Å². The Morgan fingerprint density at radius 2 is 1.90 bits per heavy atom. The van der Waals surface area contributed by atoms with Crippen LogP contribution in [0.1, 0.15) is 37.4 Å². The third-order valence-electron chi connectivity index (χ3n) is 5.41. The third-order valence-corrected chi connectivity index (χ3v) is 5.88. The van der Waals surface area contributed by atoms with Gasteiger partial charge in [0, 0.05) is 25.0 Å². The molecule has 160 valence electrons. The van der Waals surface area contributed by atoms with Crippen LogP contribution in [0.25, 0.3) is 22.5 Å². The monoisotopic (exact) mass is 437 g/mol. The largest absolute Gasteiger partial charge is 0.329 e. The van der Waals surface area contributed by atoms with Gasteiger partial charge in [0.15, 0.2) is 0 Å².